The van der Waals surface area contributed by atoms with Gasteiger partial charge in [0, 0.05) is 44.1 Å². The van der Waals surface area contributed by atoms with Gasteiger partial charge < -0.3 is 9.64 Å². The maximum absolute atomic E-state index is 13.4. The molecule has 172 valence electrons. The van der Waals surface area contributed by atoms with Crippen LogP contribution in [0.3, 0.4) is 0 Å². The molecule has 3 aromatic rings. The van der Waals surface area contributed by atoms with E-state index in [0.29, 0.717) is 44.2 Å². The Morgan fingerprint density at radius 3 is 2.44 bits per heavy atom. The Labute approximate surface area is 192 Å². The van der Waals surface area contributed by atoms with Gasteiger partial charge in [-0.2, -0.15) is 8.68 Å². The summed E-state index contributed by atoms with van der Waals surface area (Å²) in [6, 6.07) is 12.8. The van der Waals surface area contributed by atoms with Crippen LogP contribution in [-0.4, -0.2) is 55.4 Å². The Bertz CT molecular complexity index is 1120. The first kappa shape index (κ1) is 24.1. The van der Waals surface area contributed by atoms with Gasteiger partial charge in [-0.25, -0.2) is 17.8 Å². The second-order valence-electron chi connectivity index (χ2n) is 7.05. The molecule has 0 amide bonds. The first-order chi connectivity index (χ1) is 15.4. The van der Waals surface area contributed by atoms with Crippen molar-refractivity contribution in [1.82, 2.24) is 13.7 Å². The van der Waals surface area contributed by atoms with E-state index in [0.717, 1.165) is 10.7 Å². The fraction of sp³-hybridized carbons (Fsp3) is 0.364. The monoisotopic (exact) mass is 478 g/mol. The van der Waals surface area contributed by atoms with Gasteiger partial charge in [0.1, 0.15) is 17.4 Å². The van der Waals surface area contributed by atoms with Gasteiger partial charge in [0.15, 0.2) is 0 Å². The zero-order valence-corrected chi connectivity index (χ0v) is 20.0. The van der Waals surface area contributed by atoms with Crippen LogP contribution in [0.15, 0.2) is 53.4 Å². The van der Waals surface area contributed by atoms with Crippen LogP contribution < -0.4 is 9.64 Å². The number of hydrogen-bond acceptors (Lipinski definition) is 7. The van der Waals surface area contributed by atoms with Gasteiger partial charge >= 0.3 is 0 Å². The third-order valence-corrected chi connectivity index (χ3v) is 7.83. The van der Waals surface area contributed by atoms with Gasteiger partial charge in [0.05, 0.1) is 12.0 Å². The summed E-state index contributed by atoms with van der Waals surface area (Å²) in [6.07, 6.45) is 0.443. The number of sulfonamides is 1. The maximum Gasteiger partial charge on any atom is 0.243 e. The van der Waals surface area contributed by atoms with Crippen LogP contribution in [0.1, 0.15) is 25.2 Å². The van der Waals surface area contributed by atoms with E-state index >= 15 is 0 Å². The average Bonchev–Trinajstić information content (AvgIpc) is 3.24. The first-order valence-corrected chi connectivity index (χ1v) is 12.5. The summed E-state index contributed by atoms with van der Waals surface area (Å²) in [4.78, 5) is 6.81. The highest BCUT2D eigenvalue weighted by Crippen LogP contribution is 2.22. The number of benzene rings is 2. The van der Waals surface area contributed by atoms with Crippen LogP contribution >= 0.6 is 11.5 Å². The number of ether oxygens (including phenoxy) is 1. The molecule has 7 nitrogen and oxygen atoms in total. The minimum absolute atomic E-state index is 0.233. The molecule has 0 unspecified atom stereocenters. The smallest absolute Gasteiger partial charge is 0.243 e. The topological polar surface area (TPSA) is 75.6 Å². The maximum atomic E-state index is 13.4. The van der Waals surface area contributed by atoms with Gasteiger partial charge in [-0.3, -0.25) is 0 Å². The summed E-state index contributed by atoms with van der Waals surface area (Å²) < 4.78 is 50.5. The third-order valence-electron chi connectivity index (χ3n) is 5.03. The Balaban J connectivity index is 1.67. The molecule has 0 radical (unpaired) electrons. The van der Waals surface area contributed by atoms with E-state index < -0.39 is 10.0 Å². The van der Waals surface area contributed by atoms with Gasteiger partial charge in [-0.05, 0) is 48.9 Å². The standard InChI is InChI=1S/C22H27FN4O3S2/c1-4-26(22-24-21(25-31-22)16-17-7-6-8-18(23)15-17)13-14-27(5-2)32(28,29)20-11-9-19(30-3)10-12-20/h6-12,15H,4-5,13-14,16H2,1-3H3. The van der Waals surface area contributed by atoms with Crippen molar-refractivity contribution in [1.29, 1.82) is 0 Å². The van der Waals surface area contributed by atoms with Crippen molar-refractivity contribution in [2.75, 3.05) is 38.2 Å². The van der Waals surface area contributed by atoms with E-state index in [-0.39, 0.29) is 10.7 Å². The molecule has 10 heteroatoms. The summed E-state index contributed by atoms with van der Waals surface area (Å²) in [6.45, 7) is 5.62. The lowest BCUT2D eigenvalue weighted by molar-refractivity contribution is 0.413. The van der Waals surface area contributed by atoms with Crippen molar-refractivity contribution in [2.24, 2.45) is 0 Å². The van der Waals surface area contributed by atoms with Crippen LogP contribution in [0.2, 0.25) is 0 Å². The molecule has 1 heterocycles. The van der Waals surface area contributed by atoms with E-state index in [4.69, 9.17) is 4.74 Å². The molecule has 0 saturated carbocycles. The molecular formula is C22H27FN4O3S2. The molecule has 3 rings (SSSR count). The van der Waals surface area contributed by atoms with Crippen molar-refractivity contribution >= 4 is 26.7 Å². The lowest BCUT2D eigenvalue weighted by atomic mass is 10.1. The normalized spacial score (nSPS) is 11.7. The lowest BCUT2D eigenvalue weighted by Gasteiger charge is -2.25. The van der Waals surface area contributed by atoms with E-state index in [2.05, 4.69) is 9.36 Å². The van der Waals surface area contributed by atoms with Gasteiger partial charge in [0.2, 0.25) is 15.2 Å². The van der Waals surface area contributed by atoms with E-state index in [1.54, 1.807) is 30.3 Å². The summed E-state index contributed by atoms with van der Waals surface area (Å²) in [7, 11) is -2.08. The van der Waals surface area contributed by atoms with Crippen molar-refractivity contribution in [3.8, 4) is 5.75 Å². The number of nitrogens with zero attached hydrogens (tertiary/aromatic N) is 4. The molecule has 1 aromatic heterocycles. The zero-order valence-electron chi connectivity index (χ0n) is 18.4. The molecule has 0 atom stereocenters. The molecule has 0 saturated heterocycles. The molecule has 0 spiro atoms. The Kier molecular flexibility index (Phi) is 8.16. The molecule has 0 N–H and O–H groups in total. The fourth-order valence-corrected chi connectivity index (χ4v) is 5.46. The summed E-state index contributed by atoms with van der Waals surface area (Å²) in [5.41, 5.74) is 0.806. The number of hydrogen-bond donors (Lipinski definition) is 0. The van der Waals surface area contributed by atoms with Gasteiger partial charge in [-0.1, -0.05) is 19.1 Å². The number of methoxy groups -OCH3 is 1. The lowest BCUT2D eigenvalue weighted by Crippen LogP contribution is -2.38. The number of aromatic nitrogens is 2. The zero-order chi connectivity index (χ0) is 23.1. The number of rotatable bonds is 11. The third kappa shape index (κ3) is 5.81. The summed E-state index contributed by atoms with van der Waals surface area (Å²) >= 11 is 1.26. The highest BCUT2D eigenvalue weighted by atomic mass is 32.2. The predicted molar refractivity (Wildman–Crippen MR) is 124 cm³/mol. The van der Waals surface area contributed by atoms with Crippen LogP contribution in [-0.2, 0) is 16.4 Å². The SMILES string of the molecule is CCN(CCN(CC)S(=O)(=O)c1ccc(OC)cc1)c1nc(Cc2cccc(F)c2)ns1. The quantitative estimate of drug-likeness (QED) is 0.417. The van der Waals surface area contributed by atoms with Crippen molar-refractivity contribution < 1.29 is 17.5 Å². The predicted octanol–water partition coefficient (Wildman–Crippen LogP) is 3.81. The second kappa shape index (κ2) is 10.8. The summed E-state index contributed by atoms with van der Waals surface area (Å²) in [5, 5.41) is 0.719. The minimum Gasteiger partial charge on any atom is -0.497 e. The van der Waals surface area contributed by atoms with Crippen LogP contribution in [0.5, 0.6) is 5.75 Å². The molecule has 2 aromatic carbocycles. The highest BCUT2D eigenvalue weighted by Gasteiger charge is 2.24. The molecule has 0 aliphatic carbocycles. The highest BCUT2D eigenvalue weighted by molar-refractivity contribution is 7.89. The van der Waals surface area contributed by atoms with Crippen LogP contribution in [0.25, 0.3) is 0 Å². The van der Waals surface area contributed by atoms with Crippen molar-refractivity contribution in [3.05, 3.63) is 65.7 Å². The van der Waals surface area contributed by atoms with Gasteiger partial charge in [-0.15, -0.1) is 0 Å². The Morgan fingerprint density at radius 1 is 1.06 bits per heavy atom. The van der Waals surface area contributed by atoms with Crippen molar-refractivity contribution in [2.45, 2.75) is 25.2 Å². The summed E-state index contributed by atoms with van der Waals surface area (Å²) in [5.74, 6) is 0.938. The largest absolute Gasteiger partial charge is 0.497 e. The Morgan fingerprint density at radius 2 is 1.81 bits per heavy atom. The first-order valence-electron chi connectivity index (χ1n) is 10.3. The molecule has 0 aliphatic heterocycles. The molecule has 32 heavy (non-hydrogen) atoms. The molecule has 0 fully saturated rings. The molecular weight excluding hydrogens is 451 g/mol. The van der Waals surface area contributed by atoms with Crippen molar-refractivity contribution in [3.63, 3.8) is 0 Å². The van der Waals surface area contributed by atoms with E-state index in [9.17, 15) is 12.8 Å². The van der Waals surface area contributed by atoms with Crippen LogP contribution in [0, 0.1) is 5.82 Å². The fourth-order valence-electron chi connectivity index (χ4n) is 3.24. The second-order valence-corrected chi connectivity index (χ2v) is 9.72. The van der Waals surface area contributed by atoms with Crippen LogP contribution in [0.4, 0.5) is 9.52 Å². The number of likely N-dealkylation sites (N-methyl/N-ethyl adjacent to an activating group) is 2. The number of anilines is 1. The van der Waals surface area contributed by atoms with E-state index in [1.165, 1.54) is 35.1 Å². The minimum atomic E-state index is -3.62. The Hall–Kier alpha value is -2.56. The van der Waals surface area contributed by atoms with E-state index in [1.807, 2.05) is 24.8 Å². The number of halogens is 1. The average molecular weight is 479 g/mol. The molecule has 0 bridgehead atoms. The molecule has 0 aliphatic rings. The van der Waals surface area contributed by atoms with Gasteiger partial charge in [0.25, 0.3) is 0 Å².